The largest absolute Gasteiger partial charge is 0.399 e. The molecule has 0 saturated heterocycles. The molecule has 0 atom stereocenters. The van der Waals surface area contributed by atoms with Crippen LogP contribution in [0.4, 0.5) is 5.69 Å². The number of nitrogen functional groups attached to an aromatic ring is 1. The second kappa shape index (κ2) is 5.13. The van der Waals surface area contributed by atoms with Gasteiger partial charge in [-0.1, -0.05) is 42.0 Å². The Morgan fingerprint density at radius 2 is 1.70 bits per heavy atom. The summed E-state index contributed by atoms with van der Waals surface area (Å²) in [5, 5.41) is 11.9. The van der Waals surface area contributed by atoms with E-state index in [1.54, 1.807) is 4.68 Å². The van der Waals surface area contributed by atoms with Gasteiger partial charge in [0.1, 0.15) is 0 Å². The number of nitrogens with two attached hydrogens (primary N) is 1. The van der Waals surface area contributed by atoms with E-state index >= 15 is 0 Å². The Labute approximate surface area is 117 Å². The molecule has 0 spiro atoms. The Kier molecular flexibility index (Phi) is 3.16. The minimum atomic E-state index is 0.622. The lowest BCUT2D eigenvalue weighted by molar-refractivity contribution is 0.653. The Morgan fingerprint density at radius 3 is 2.40 bits per heavy atom. The van der Waals surface area contributed by atoms with Crippen molar-refractivity contribution in [2.45, 2.75) is 13.5 Å². The van der Waals surface area contributed by atoms with Gasteiger partial charge in [-0.25, -0.2) is 4.68 Å². The third kappa shape index (κ3) is 2.51. The van der Waals surface area contributed by atoms with Crippen molar-refractivity contribution in [3.05, 3.63) is 59.7 Å². The van der Waals surface area contributed by atoms with E-state index in [1.807, 2.05) is 36.4 Å². The molecule has 0 saturated carbocycles. The average Bonchev–Trinajstić information content (AvgIpc) is 2.90. The Balaban J connectivity index is 1.90. The standard InChI is InChI=1S/C15H15N5/c1-11-2-6-13(7-3-11)15-17-18-19-20(15)10-12-4-8-14(16)9-5-12/h2-9H,10,16H2,1H3. The number of aromatic nitrogens is 4. The quantitative estimate of drug-likeness (QED) is 0.738. The fourth-order valence-corrected chi connectivity index (χ4v) is 2.02. The molecule has 0 amide bonds. The number of rotatable bonds is 3. The summed E-state index contributed by atoms with van der Waals surface area (Å²) in [6, 6.07) is 15.9. The minimum Gasteiger partial charge on any atom is -0.399 e. The van der Waals surface area contributed by atoms with Crippen LogP contribution >= 0.6 is 0 Å². The van der Waals surface area contributed by atoms with Gasteiger partial charge >= 0.3 is 0 Å². The number of anilines is 1. The number of hydrogen-bond donors (Lipinski definition) is 1. The van der Waals surface area contributed by atoms with Crippen LogP contribution in [0.15, 0.2) is 48.5 Å². The number of benzene rings is 2. The Hall–Kier alpha value is -2.69. The van der Waals surface area contributed by atoms with Crippen LogP contribution in [0.1, 0.15) is 11.1 Å². The monoisotopic (exact) mass is 265 g/mol. The summed E-state index contributed by atoms with van der Waals surface area (Å²) in [7, 11) is 0. The molecule has 0 bridgehead atoms. The molecule has 100 valence electrons. The van der Waals surface area contributed by atoms with Gasteiger partial charge in [0.2, 0.25) is 0 Å². The Bertz CT molecular complexity index is 698. The molecule has 0 radical (unpaired) electrons. The topological polar surface area (TPSA) is 69.6 Å². The van der Waals surface area contributed by atoms with Crippen LogP contribution in [0.2, 0.25) is 0 Å². The third-order valence-corrected chi connectivity index (χ3v) is 3.15. The van der Waals surface area contributed by atoms with Crippen LogP contribution in [0.5, 0.6) is 0 Å². The van der Waals surface area contributed by atoms with Crippen molar-refractivity contribution < 1.29 is 0 Å². The summed E-state index contributed by atoms with van der Waals surface area (Å²) in [5.41, 5.74) is 9.78. The maximum Gasteiger partial charge on any atom is 0.182 e. The van der Waals surface area contributed by atoms with Gasteiger partial charge in [-0.15, -0.1) is 5.10 Å². The van der Waals surface area contributed by atoms with E-state index in [1.165, 1.54) is 5.56 Å². The van der Waals surface area contributed by atoms with Crippen LogP contribution in [0, 0.1) is 6.92 Å². The van der Waals surface area contributed by atoms with Crippen LogP contribution in [-0.2, 0) is 6.54 Å². The zero-order valence-corrected chi connectivity index (χ0v) is 11.2. The highest BCUT2D eigenvalue weighted by molar-refractivity contribution is 5.55. The average molecular weight is 265 g/mol. The Morgan fingerprint density at radius 1 is 1.00 bits per heavy atom. The van der Waals surface area contributed by atoms with E-state index in [4.69, 9.17) is 5.73 Å². The first-order valence-electron chi connectivity index (χ1n) is 6.40. The van der Waals surface area contributed by atoms with Gasteiger partial charge in [-0.05, 0) is 35.0 Å². The SMILES string of the molecule is Cc1ccc(-c2nnnn2Cc2ccc(N)cc2)cc1. The van der Waals surface area contributed by atoms with Gasteiger partial charge in [-0.2, -0.15) is 0 Å². The lowest BCUT2D eigenvalue weighted by Crippen LogP contribution is -2.04. The molecular formula is C15H15N5. The molecular weight excluding hydrogens is 250 g/mol. The van der Waals surface area contributed by atoms with Crippen molar-refractivity contribution in [3.63, 3.8) is 0 Å². The van der Waals surface area contributed by atoms with Crippen molar-refractivity contribution in [2.75, 3.05) is 5.73 Å². The van der Waals surface area contributed by atoms with Gasteiger partial charge in [0.15, 0.2) is 5.82 Å². The second-order valence-corrected chi connectivity index (χ2v) is 4.77. The van der Waals surface area contributed by atoms with Crippen LogP contribution in [0.25, 0.3) is 11.4 Å². The highest BCUT2D eigenvalue weighted by Crippen LogP contribution is 2.17. The zero-order chi connectivity index (χ0) is 13.9. The van der Waals surface area contributed by atoms with Gasteiger partial charge < -0.3 is 5.73 Å². The summed E-state index contributed by atoms with van der Waals surface area (Å²) < 4.78 is 1.79. The maximum atomic E-state index is 5.69. The molecule has 3 rings (SSSR count). The third-order valence-electron chi connectivity index (χ3n) is 3.15. The van der Waals surface area contributed by atoms with Crippen molar-refractivity contribution >= 4 is 5.69 Å². The highest BCUT2D eigenvalue weighted by atomic mass is 15.5. The number of aryl methyl sites for hydroxylation is 1. The summed E-state index contributed by atoms with van der Waals surface area (Å²) in [5.74, 6) is 0.766. The molecule has 20 heavy (non-hydrogen) atoms. The maximum absolute atomic E-state index is 5.69. The first-order valence-corrected chi connectivity index (χ1v) is 6.40. The molecule has 2 N–H and O–H groups in total. The summed E-state index contributed by atoms with van der Waals surface area (Å²) in [6.45, 7) is 2.68. The van der Waals surface area contributed by atoms with Crippen LogP contribution in [-0.4, -0.2) is 20.2 Å². The number of hydrogen-bond acceptors (Lipinski definition) is 4. The molecule has 0 fully saturated rings. The summed E-state index contributed by atoms with van der Waals surface area (Å²) in [4.78, 5) is 0. The van der Waals surface area contributed by atoms with Crippen molar-refractivity contribution in [2.24, 2.45) is 0 Å². The van der Waals surface area contributed by atoms with E-state index in [0.717, 1.165) is 22.6 Å². The van der Waals surface area contributed by atoms with E-state index in [2.05, 4.69) is 34.6 Å². The predicted molar refractivity (Wildman–Crippen MR) is 77.9 cm³/mol. The van der Waals surface area contributed by atoms with Crippen LogP contribution < -0.4 is 5.73 Å². The number of nitrogens with zero attached hydrogens (tertiary/aromatic N) is 4. The zero-order valence-electron chi connectivity index (χ0n) is 11.2. The normalized spacial score (nSPS) is 10.7. The van der Waals surface area contributed by atoms with Crippen molar-refractivity contribution in [3.8, 4) is 11.4 Å². The molecule has 0 aliphatic heterocycles. The fraction of sp³-hybridized carbons (Fsp3) is 0.133. The molecule has 3 aromatic rings. The highest BCUT2D eigenvalue weighted by Gasteiger charge is 2.09. The van der Waals surface area contributed by atoms with Crippen LogP contribution in [0.3, 0.4) is 0 Å². The number of tetrazole rings is 1. The van der Waals surface area contributed by atoms with E-state index in [9.17, 15) is 0 Å². The van der Waals surface area contributed by atoms with Crippen molar-refractivity contribution in [1.82, 2.24) is 20.2 Å². The van der Waals surface area contributed by atoms with Crippen molar-refractivity contribution in [1.29, 1.82) is 0 Å². The van der Waals surface area contributed by atoms with Gasteiger partial charge in [0, 0.05) is 11.3 Å². The molecule has 0 aliphatic carbocycles. The van der Waals surface area contributed by atoms with Gasteiger partial charge in [0.05, 0.1) is 6.54 Å². The molecule has 5 heteroatoms. The minimum absolute atomic E-state index is 0.622. The van der Waals surface area contributed by atoms with Gasteiger partial charge in [0.25, 0.3) is 0 Å². The lowest BCUT2D eigenvalue weighted by Gasteiger charge is -2.05. The smallest absolute Gasteiger partial charge is 0.182 e. The summed E-state index contributed by atoms with van der Waals surface area (Å²) in [6.07, 6.45) is 0. The molecule has 0 unspecified atom stereocenters. The molecule has 5 nitrogen and oxygen atoms in total. The van der Waals surface area contributed by atoms with E-state index in [-0.39, 0.29) is 0 Å². The summed E-state index contributed by atoms with van der Waals surface area (Å²) >= 11 is 0. The molecule has 2 aromatic carbocycles. The lowest BCUT2D eigenvalue weighted by atomic mass is 10.1. The van der Waals surface area contributed by atoms with Gasteiger partial charge in [-0.3, -0.25) is 0 Å². The van der Waals surface area contributed by atoms with E-state index < -0.39 is 0 Å². The predicted octanol–water partition coefficient (Wildman–Crippen LogP) is 2.28. The fourth-order valence-electron chi connectivity index (χ4n) is 2.02. The first kappa shape index (κ1) is 12.3. The van der Waals surface area contributed by atoms with E-state index in [0.29, 0.717) is 6.54 Å². The first-order chi connectivity index (χ1) is 9.72. The second-order valence-electron chi connectivity index (χ2n) is 4.77. The molecule has 1 aromatic heterocycles. The molecule has 1 heterocycles. The molecule has 0 aliphatic rings.